The van der Waals surface area contributed by atoms with E-state index in [2.05, 4.69) is 47.2 Å². The van der Waals surface area contributed by atoms with Crippen LogP contribution in [-0.4, -0.2) is 18.8 Å². The summed E-state index contributed by atoms with van der Waals surface area (Å²) in [5.41, 5.74) is 1.45. The Morgan fingerprint density at radius 2 is 2.00 bits per heavy atom. The van der Waals surface area contributed by atoms with Crippen LogP contribution in [0, 0.1) is 5.92 Å². The fourth-order valence-electron chi connectivity index (χ4n) is 2.55. The summed E-state index contributed by atoms with van der Waals surface area (Å²) in [6, 6.07) is 4.19. The summed E-state index contributed by atoms with van der Waals surface area (Å²) >= 11 is 3.56. The van der Waals surface area contributed by atoms with Gasteiger partial charge in [-0.1, -0.05) is 0 Å². The maximum absolute atomic E-state index is 5.65. The molecule has 1 N–H and O–H groups in total. The summed E-state index contributed by atoms with van der Waals surface area (Å²) in [5, 5.41) is 3.65. The second-order valence-electron chi connectivity index (χ2n) is 5.95. The van der Waals surface area contributed by atoms with Crippen molar-refractivity contribution in [2.24, 2.45) is 5.92 Å². The van der Waals surface area contributed by atoms with Crippen molar-refractivity contribution >= 4 is 15.9 Å². The van der Waals surface area contributed by atoms with Gasteiger partial charge in [-0.25, -0.2) is 0 Å². The summed E-state index contributed by atoms with van der Waals surface area (Å²) in [7, 11) is 0. The maximum Gasteiger partial charge on any atom is 0.175 e. The Kier molecular flexibility index (Phi) is 3.48. The third-order valence-electron chi connectivity index (χ3n) is 4.00. The van der Waals surface area contributed by atoms with Gasteiger partial charge in [0.1, 0.15) is 13.2 Å². The molecular weight excluding hydrogens is 306 g/mol. The summed E-state index contributed by atoms with van der Waals surface area (Å²) in [5.74, 6) is 2.51. The van der Waals surface area contributed by atoms with Crippen molar-refractivity contribution in [3.05, 3.63) is 22.2 Å². The van der Waals surface area contributed by atoms with Crippen molar-refractivity contribution in [3.8, 4) is 11.5 Å². The zero-order valence-electron chi connectivity index (χ0n) is 11.5. The van der Waals surface area contributed by atoms with E-state index < -0.39 is 0 Å². The second kappa shape index (κ2) is 4.98. The molecule has 0 bridgehead atoms. The van der Waals surface area contributed by atoms with Crippen LogP contribution in [0.5, 0.6) is 11.5 Å². The predicted octanol–water partition coefficient (Wildman–Crippen LogP) is 3.50. The number of fused-ring (bicyclic) bond motifs is 1. The minimum atomic E-state index is 0.222. The molecule has 104 valence electrons. The van der Waals surface area contributed by atoms with Gasteiger partial charge in [0.25, 0.3) is 0 Å². The van der Waals surface area contributed by atoms with Crippen molar-refractivity contribution in [1.82, 2.24) is 5.32 Å². The van der Waals surface area contributed by atoms with Crippen LogP contribution in [-0.2, 0) is 6.54 Å². The molecule has 0 spiro atoms. The number of benzene rings is 1. The zero-order valence-corrected chi connectivity index (χ0v) is 13.0. The van der Waals surface area contributed by atoms with Gasteiger partial charge in [0.2, 0.25) is 0 Å². The van der Waals surface area contributed by atoms with Crippen LogP contribution in [0.1, 0.15) is 32.3 Å². The van der Waals surface area contributed by atoms with E-state index in [1.807, 2.05) is 0 Å². The minimum Gasteiger partial charge on any atom is -0.486 e. The molecular formula is C15H20BrNO2. The molecule has 3 rings (SSSR count). The van der Waals surface area contributed by atoms with Gasteiger partial charge < -0.3 is 14.8 Å². The minimum absolute atomic E-state index is 0.222. The van der Waals surface area contributed by atoms with Crippen LogP contribution in [0.3, 0.4) is 0 Å². The molecule has 1 saturated carbocycles. The summed E-state index contributed by atoms with van der Waals surface area (Å²) in [4.78, 5) is 0. The lowest BCUT2D eigenvalue weighted by atomic mass is 9.98. The largest absolute Gasteiger partial charge is 0.486 e. The van der Waals surface area contributed by atoms with Crippen molar-refractivity contribution in [2.75, 3.05) is 13.2 Å². The molecule has 0 aromatic heterocycles. The fraction of sp³-hybridized carbons (Fsp3) is 0.600. The SMILES string of the molecule is CC(C)(NCc1cc(Br)c2c(c1)OCCO2)C1CC1. The summed E-state index contributed by atoms with van der Waals surface area (Å²) < 4.78 is 12.2. The third kappa shape index (κ3) is 2.90. The lowest BCUT2D eigenvalue weighted by Crippen LogP contribution is -2.40. The maximum atomic E-state index is 5.65. The quantitative estimate of drug-likeness (QED) is 0.919. The Balaban J connectivity index is 1.72. The van der Waals surface area contributed by atoms with E-state index in [0.717, 1.165) is 28.4 Å². The van der Waals surface area contributed by atoms with Crippen LogP contribution in [0.4, 0.5) is 0 Å². The summed E-state index contributed by atoms with van der Waals surface area (Å²) in [6.45, 7) is 6.69. The molecule has 0 atom stereocenters. The first-order valence-corrected chi connectivity index (χ1v) is 7.68. The highest BCUT2D eigenvalue weighted by molar-refractivity contribution is 9.10. The van der Waals surface area contributed by atoms with E-state index in [1.165, 1.54) is 18.4 Å². The Morgan fingerprint density at radius 3 is 2.74 bits per heavy atom. The van der Waals surface area contributed by atoms with Gasteiger partial charge >= 0.3 is 0 Å². The predicted molar refractivity (Wildman–Crippen MR) is 78.8 cm³/mol. The molecule has 1 aliphatic heterocycles. The molecule has 1 aromatic rings. The molecule has 4 heteroatoms. The van der Waals surface area contributed by atoms with Crippen molar-refractivity contribution in [2.45, 2.75) is 38.8 Å². The number of halogens is 1. The highest BCUT2D eigenvalue weighted by atomic mass is 79.9. The molecule has 1 aromatic carbocycles. The van der Waals surface area contributed by atoms with E-state index in [-0.39, 0.29) is 5.54 Å². The molecule has 3 nitrogen and oxygen atoms in total. The van der Waals surface area contributed by atoms with E-state index in [4.69, 9.17) is 9.47 Å². The van der Waals surface area contributed by atoms with E-state index in [1.54, 1.807) is 0 Å². The molecule has 0 unspecified atom stereocenters. The molecule has 0 amide bonds. The Morgan fingerprint density at radius 1 is 1.26 bits per heavy atom. The highest BCUT2D eigenvalue weighted by Crippen LogP contribution is 2.40. The molecule has 0 radical (unpaired) electrons. The lowest BCUT2D eigenvalue weighted by molar-refractivity contribution is 0.170. The monoisotopic (exact) mass is 325 g/mol. The zero-order chi connectivity index (χ0) is 13.5. The van der Waals surface area contributed by atoms with Gasteiger partial charge in [0.05, 0.1) is 4.47 Å². The van der Waals surface area contributed by atoms with Crippen LogP contribution < -0.4 is 14.8 Å². The van der Waals surface area contributed by atoms with Crippen LogP contribution >= 0.6 is 15.9 Å². The third-order valence-corrected chi connectivity index (χ3v) is 4.59. The first kappa shape index (κ1) is 13.3. The molecule has 1 fully saturated rings. The average molecular weight is 326 g/mol. The number of ether oxygens (including phenoxy) is 2. The number of rotatable bonds is 4. The number of hydrogen-bond acceptors (Lipinski definition) is 3. The van der Waals surface area contributed by atoms with Gasteiger partial charge in [-0.05, 0) is 66.2 Å². The van der Waals surface area contributed by atoms with Crippen LogP contribution in [0.2, 0.25) is 0 Å². The highest BCUT2D eigenvalue weighted by Gasteiger charge is 2.37. The lowest BCUT2D eigenvalue weighted by Gasteiger charge is -2.27. The smallest absolute Gasteiger partial charge is 0.175 e. The average Bonchev–Trinajstić information content (AvgIpc) is 3.21. The van der Waals surface area contributed by atoms with Crippen LogP contribution in [0.15, 0.2) is 16.6 Å². The topological polar surface area (TPSA) is 30.5 Å². The number of nitrogens with one attached hydrogen (secondary N) is 1. The van der Waals surface area contributed by atoms with Gasteiger partial charge in [-0.15, -0.1) is 0 Å². The standard InChI is InChI=1S/C15H20BrNO2/c1-15(2,11-3-4-11)17-9-10-7-12(16)14-13(8-10)18-5-6-19-14/h7-8,11,17H,3-6,9H2,1-2H3. The molecule has 19 heavy (non-hydrogen) atoms. The Labute approximate surface area is 122 Å². The van der Waals surface area contributed by atoms with Crippen molar-refractivity contribution in [3.63, 3.8) is 0 Å². The van der Waals surface area contributed by atoms with Gasteiger partial charge in [0.15, 0.2) is 11.5 Å². The first-order chi connectivity index (χ1) is 9.06. The second-order valence-corrected chi connectivity index (χ2v) is 6.81. The van der Waals surface area contributed by atoms with E-state index >= 15 is 0 Å². The normalized spacial score (nSPS) is 18.5. The Bertz CT molecular complexity index is 483. The van der Waals surface area contributed by atoms with E-state index in [0.29, 0.717) is 13.2 Å². The molecule has 1 heterocycles. The van der Waals surface area contributed by atoms with Crippen molar-refractivity contribution < 1.29 is 9.47 Å². The molecule has 1 aliphatic carbocycles. The van der Waals surface area contributed by atoms with Crippen molar-refractivity contribution in [1.29, 1.82) is 0 Å². The first-order valence-electron chi connectivity index (χ1n) is 6.89. The molecule has 0 saturated heterocycles. The Hall–Kier alpha value is -0.740. The van der Waals surface area contributed by atoms with Gasteiger partial charge in [-0.3, -0.25) is 0 Å². The fourth-order valence-corrected chi connectivity index (χ4v) is 3.15. The molecule has 2 aliphatic rings. The van der Waals surface area contributed by atoms with Gasteiger partial charge in [-0.2, -0.15) is 0 Å². The van der Waals surface area contributed by atoms with E-state index in [9.17, 15) is 0 Å². The van der Waals surface area contributed by atoms with Gasteiger partial charge in [0, 0.05) is 12.1 Å². The summed E-state index contributed by atoms with van der Waals surface area (Å²) in [6.07, 6.45) is 2.70. The number of hydrogen-bond donors (Lipinski definition) is 1. The van der Waals surface area contributed by atoms with Crippen LogP contribution in [0.25, 0.3) is 0 Å².